The van der Waals surface area contributed by atoms with E-state index in [9.17, 15) is 9.59 Å². The number of rotatable bonds is 4. The molecule has 1 aromatic carbocycles. The molecule has 3 rings (SSSR count). The van der Waals surface area contributed by atoms with Crippen LogP contribution in [0.1, 0.15) is 26.5 Å². The van der Waals surface area contributed by atoms with Crippen LogP contribution in [0.3, 0.4) is 0 Å². The van der Waals surface area contributed by atoms with Gasteiger partial charge in [-0.2, -0.15) is 0 Å². The van der Waals surface area contributed by atoms with Gasteiger partial charge in [0.05, 0.1) is 11.4 Å². The van der Waals surface area contributed by atoms with Crippen molar-refractivity contribution in [2.75, 3.05) is 5.32 Å². The molecule has 0 unspecified atom stereocenters. The van der Waals surface area contributed by atoms with E-state index in [4.69, 9.17) is 16.3 Å². The zero-order valence-electron chi connectivity index (χ0n) is 14.6. The predicted molar refractivity (Wildman–Crippen MR) is 103 cm³/mol. The standard InChI is InChI=1S/C18H18ClN3O3S/c1-18(2,3)16(24)21-13-8-11(19)4-5-14(13)25-10-12-9-15(23)22-6-7-26-17(22)20-12/h4-9H,10H2,1-3H3,(H,21,24). The highest BCUT2D eigenvalue weighted by molar-refractivity contribution is 7.15. The van der Waals surface area contributed by atoms with E-state index in [1.807, 2.05) is 20.8 Å². The van der Waals surface area contributed by atoms with Crippen molar-refractivity contribution in [3.05, 3.63) is 56.9 Å². The van der Waals surface area contributed by atoms with Crippen LogP contribution in [0.4, 0.5) is 5.69 Å². The average molecular weight is 392 g/mol. The van der Waals surface area contributed by atoms with E-state index in [1.165, 1.54) is 21.8 Å². The number of aromatic nitrogens is 2. The van der Waals surface area contributed by atoms with Gasteiger partial charge in [-0.05, 0) is 18.2 Å². The average Bonchev–Trinajstić information content (AvgIpc) is 3.02. The van der Waals surface area contributed by atoms with Gasteiger partial charge in [0.1, 0.15) is 12.4 Å². The first-order valence-corrected chi connectivity index (χ1v) is 9.19. The highest BCUT2D eigenvalue weighted by Crippen LogP contribution is 2.30. The first kappa shape index (κ1) is 18.4. The minimum absolute atomic E-state index is 0.101. The second-order valence-electron chi connectivity index (χ2n) is 6.77. The van der Waals surface area contributed by atoms with Crippen LogP contribution in [-0.4, -0.2) is 15.3 Å². The first-order valence-electron chi connectivity index (χ1n) is 7.93. The van der Waals surface area contributed by atoms with Gasteiger partial charge < -0.3 is 10.1 Å². The number of benzene rings is 1. The van der Waals surface area contributed by atoms with Gasteiger partial charge in [-0.15, -0.1) is 11.3 Å². The van der Waals surface area contributed by atoms with Crippen LogP contribution in [0.5, 0.6) is 5.75 Å². The number of thiazole rings is 1. The summed E-state index contributed by atoms with van der Waals surface area (Å²) in [7, 11) is 0. The second-order valence-corrected chi connectivity index (χ2v) is 8.08. The predicted octanol–water partition coefficient (Wildman–Crippen LogP) is 3.97. The molecule has 3 aromatic rings. The van der Waals surface area contributed by atoms with Crippen molar-refractivity contribution in [3.63, 3.8) is 0 Å². The van der Waals surface area contributed by atoms with Crippen molar-refractivity contribution >= 4 is 39.5 Å². The number of ether oxygens (including phenoxy) is 1. The molecule has 1 amide bonds. The van der Waals surface area contributed by atoms with Crippen molar-refractivity contribution in [2.45, 2.75) is 27.4 Å². The van der Waals surface area contributed by atoms with Crippen LogP contribution in [-0.2, 0) is 11.4 Å². The molecule has 8 heteroatoms. The summed E-state index contributed by atoms with van der Waals surface area (Å²) in [6.07, 6.45) is 1.68. The molecule has 0 aliphatic heterocycles. The summed E-state index contributed by atoms with van der Waals surface area (Å²) in [6.45, 7) is 5.56. The van der Waals surface area contributed by atoms with Crippen LogP contribution in [0.2, 0.25) is 5.02 Å². The number of hydrogen-bond donors (Lipinski definition) is 1. The zero-order valence-corrected chi connectivity index (χ0v) is 16.1. The summed E-state index contributed by atoms with van der Waals surface area (Å²) in [5.74, 6) is 0.307. The Labute approximate surface area is 159 Å². The van der Waals surface area contributed by atoms with E-state index in [1.54, 1.807) is 29.8 Å². The third kappa shape index (κ3) is 4.05. The van der Waals surface area contributed by atoms with Gasteiger partial charge in [-0.25, -0.2) is 4.98 Å². The molecule has 2 heterocycles. The number of carbonyl (C=O) groups excluding carboxylic acids is 1. The van der Waals surface area contributed by atoms with Gasteiger partial charge in [0.25, 0.3) is 5.56 Å². The van der Waals surface area contributed by atoms with Crippen molar-refractivity contribution in [1.82, 2.24) is 9.38 Å². The number of nitrogens with zero attached hydrogens (tertiary/aromatic N) is 2. The van der Waals surface area contributed by atoms with Crippen LogP contribution < -0.4 is 15.6 Å². The van der Waals surface area contributed by atoms with E-state index < -0.39 is 5.41 Å². The molecule has 0 spiro atoms. The summed E-state index contributed by atoms with van der Waals surface area (Å²) in [4.78, 5) is 29.3. The second kappa shape index (κ2) is 7.09. The summed E-state index contributed by atoms with van der Waals surface area (Å²) < 4.78 is 7.27. The maximum atomic E-state index is 12.3. The van der Waals surface area contributed by atoms with Gasteiger partial charge in [-0.1, -0.05) is 32.4 Å². The Morgan fingerprint density at radius 1 is 1.35 bits per heavy atom. The van der Waals surface area contributed by atoms with Gasteiger partial charge in [0.2, 0.25) is 5.91 Å². The van der Waals surface area contributed by atoms with E-state index in [0.717, 1.165) is 0 Å². The lowest BCUT2D eigenvalue weighted by atomic mass is 9.95. The van der Waals surface area contributed by atoms with Gasteiger partial charge in [0.15, 0.2) is 4.96 Å². The number of carbonyl (C=O) groups is 1. The van der Waals surface area contributed by atoms with Crippen molar-refractivity contribution in [3.8, 4) is 5.75 Å². The van der Waals surface area contributed by atoms with Crippen molar-refractivity contribution in [1.29, 1.82) is 0 Å². The number of fused-ring (bicyclic) bond motifs is 1. The number of nitrogens with one attached hydrogen (secondary N) is 1. The molecule has 0 saturated carbocycles. The summed E-state index contributed by atoms with van der Waals surface area (Å²) in [5, 5.41) is 5.12. The molecule has 26 heavy (non-hydrogen) atoms. The molecule has 0 aliphatic carbocycles. The number of amides is 1. The lowest BCUT2D eigenvalue weighted by Crippen LogP contribution is -2.27. The molecular formula is C18H18ClN3O3S. The molecule has 0 bridgehead atoms. The Morgan fingerprint density at radius 3 is 2.85 bits per heavy atom. The Bertz CT molecular complexity index is 1020. The molecule has 0 fully saturated rings. The van der Waals surface area contributed by atoms with Crippen LogP contribution in [0, 0.1) is 5.41 Å². The fourth-order valence-corrected chi connectivity index (χ4v) is 3.06. The Hall–Kier alpha value is -2.38. The fourth-order valence-electron chi connectivity index (χ4n) is 2.15. The maximum absolute atomic E-state index is 12.3. The molecule has 0 aliphatic rings. The van der Waals surface area contributed by atoms with Crippen molar-refractivity contribution < 1.29 is 9.53 Å². The number of hydrogen-bond acceptors (Lipinski definition) is 5. The largest absolute Gasteiger partial charge is 0.485 e. The van der Waals surface area contributed by atoms with Gasteiger partial charge >= 0.3 is 0 Å². The summed E-state index contributed by atoms with van der Waals surface area (Å²) in [5.41, 5.74) is 0.277. The zero-order chi connectivity index (χ0) is 18.9. The molecular weight excluding hydrogens is 374 g/mol. The minimum Gasteiger partial charge on any atom is -0.485 e. The lowest BCUT2D eigenvalue weighted by Gasteiger charge is -2.19. The smallest absolute Gasteiger partial charge is 0.258 e. The first-order chi connectivity index (χ1) is 12.2. The summed E-state index contributed by atoms with van der Waals surface area (Å²) in [6, 6.07) is 6.42. The molecule has 0 saturated heterocycles. The topological polar surface area (TPSA) is 72.7 Å². The van der Waals surface area contributed by atoms with E-state index >= 15 is 0 Å². The van der Waals surface area contributed by atoms with Crippen molar-refractivity contribution in [2.24, 2.45) is 5.41 Å². The Morgan fingerprint density at radius 2 is 2.12 bits per heavy atom. The molecule has 0 atom stereocenters. The third-order valence-corrected chi connectivity index (χ3v) is 4.59. The van der Waals surface area contributed by atoms with Gasteiger partial charge in [-0.3, -0.25) is 14.0 Å². The highest BCUT2D eigenvalue weighted by Gasteiger charge is 2.22. The van der Waals surface area contributed by atoms with E-state index in [2.05, 4.69) is 10.3 Å². The van der Waals surface area contributed by atoms with Crippen LogP contribution in [0.15, 0.2) is 40.6 Å². The Kier molecular flexibility index (Phi) is 5.02. The van der Waals surface area contributed by atoms with E-state index in [-0.39, 0.29) is 18.1 Å². The molecule has 6 nitrogen and oxygen atoms in total. The monoisotopic (exact) mass is 391 g/mol. The van der Waals surface area contributed by atoms with Crippen LogP contribution >= 0.6 is 22.9 Å². The molecule has 2 aromatic heterocycles. The third-order valence-electron chi connectivity index (χ3n) is 3.60. The van der Waals surface area contributed by atoms with Gasteiger partial charge in [0, 0.05) is 28.1 Å². The van der Waals surface area contributed by atoms with E-state index in [0.29, 0.717) is 27.1 Å². The molecule has 136 valence electrons. The minimum atomic E-state index is -0.556. The lowest BCUT2D eigenvalue weighted by molar-refractivity contribution is -0.123. The SMILES string of the molecule is CC(C)(C)C(=O)Nc1cc(Cl)ccc1OCc1cc(=O)n2ccsc2n1. The molecule has 0 radical (unpaired) electrons. The normalized spacial score (nSPS) is 11.5. The molecule has 1 N–H and O–H groups in total. The number of anilines is 1. The highest BCUT2D eigenvalue weighted by atomic mass is 35.5. The fraction of sp³-hybridized carbons (Fsp3) is 0.278. The summed E-state index contributed by atoms with van der Waals surface area (Å²) >= 11 is 7.42. The van der Waals surface area contributed by atoms with Crippen LogP contribution in [0.25, 0.3) is 4.96 Å². The Balaban J connectivity index is 1.82. The maximum Gasteiger partial charge on any atom is 0.258 e. The number of halogens is 1. The quantitative estimate of drug-likeness (QED) is 0.730.